The molecule has 0 atom stereocenters. The summed E-state index contributed by atoms with van der Waals surface area (Å²) in [6.07, 6.45) is 4.75. The summed E-state index contributed by atoms with van der Waals surface area (Å²) in [5.74, 6) is 0.991. The molecule has 0 radical (unpaired) electrons. The molecule has 1 heterocycles. The fourth-order valence-corrected chi connectivity index (χ4v) is 1.08. The first-order chi connectivity index (χ1) is 4.97. The van der Waals surface area contributed by atoms with Crippen LogP contribution in [0.15, 0.2) is 36.6 Å². The van der Waals surface area contributed by atoms with Crippen LogP contribution >= 0.6 is 0 Å². The predicted octanol–water partition coefficient (Wildman–Crippen LogP) is 2.29. The van der Waals surface area contributed by atoms with Gasteiger partial charge in [0, 0.05) is 54.6 Å². The summed E-state index contributed by atoms with van der Waals surface area (Å²) in [6.45, 7) is 0. The quantitative estimate of drug-likeness (QED) is 0.722. The Balaban J connectivity index is -0.000000302. The van der Waals surface area contributed by atoms with Gasteiger partial charge in [-0.25, -0.2) is 0 Å². The Labute approximate surface area is 119 Å². The van der Waals surface area contributed by atoms with Crippen LogP contribution in [0.2, 0.25) is 0 Å². The Morgan fingerprint density at radius 1 is 1.14 bits per heavy atom. The van der Waals surface area contributed by atoms with E-state index in [1.54, 1.807) is 6.26 Å². The third-order valence-corrected chi connectivity index (χ3v) is 1.60. The van der Waals surface area contributed by atoms with Gasteiger partial charge >= 0.3 is 0 Å². The Kier molecular flexibility index (Phi) is 14.2. The largest absolute Gasteiger partial charge is 0.465 e. The molecular formula is C9H11FeMoNNiO. The molecule has 1 aliphatic heterocycles. The van der Waals surface area contributed by atoms with Gasteiger partial charge in [-0.15, -0.1) is 0 Å². The van der Waals surface area contributed by atoms with Gasteiger partial charge in [-0.2, -0.15) is 0 Å². The van der Waals surface area contributed by atoms with E-state index in [0.29, 0.717) is 0 Å². The zero-order valence-corrected chi connectivity index (χ0v) is 11.5. The fraction of sp³-hybridized carbons (Fsp3) is 0.111. The normalized spacial score (nSPS) is 10.0. The van der Waals surface area contributed by atoms with E-state index in [2.05, 4.69) is 6.07 Å². The molecule has 0 unspecified atom stereocenters. The van der Waals surface area contributed by atoms with Gasteiger partial charge in [0.05, 0.1) is 6.26 Å². The van der Waals surface area contributed by atoms with Crippen LogP contribution in [0.25, 0.3) is 0 Å². The molecule has 82 valence electrons. The van der Waals surface area contributed by atoms with E-state index >= 15 is 0 Å². The van der Waals surface area contributed by atoms with Crippen LogP contribution in [-0.2, 0) is 61.0 Å². The van der Waals surface area contributed by atoms with E-state index in [1.807, 2.05) is 24.3 Å². The van der Waals surface area contributed by atoms with E-state index in [9.17, 15) is 0 Å². The molecule has 0 aromatic heterocycles. The predicted molar refractivity (Wildman–Crippen MR) is 44.9 cm³/mol. The van der Waals surface area contributed by atoms with Gasteiger partial charge in [-0.1, -0.05) is 18.2 Å². The molecule has 1 aromatic rings. The number of allylic oxidation sites excluding steroid dienone is 1. The van der Waals surface area contributed by atoms with Crippen molar-refractivity contribution in [3.05, 3.63) is 42.2 Å². The number of benzene rings is 1. The van der Waals surface area contributed by atoms with E-state index in [1.165, 1.54) is 5.56 Å². The van der Waals surface area contributed by atoms with Crippen molar-refractivity contribution in [2.45, 2.75) is 6.42 Å². The van der Waals surface area contributed by atoms with Crippen molar-refractivity contribution >= 4 is 0 Å². The second-order valence-electron chi connectivity index (χ2n) is 2.30. The summed E-state index contributed by atoms with van der Waals surface area (Å²) in [6, 6.07) is 8.08. The molecule has 1 aromatic carbocycles. The summed E-state index contributed by atoms with van der Waals surface area (Å²) in [4.78, 5) is 0. The van der Waals surface area contributed by atoms with Crippen LogP contribution in [0.4, 0.5) is 0 Å². The van der Waals surface area contributed by atoms with Crippen LogP contribution < -0.4 is 10.9 Å². The van der Waals surface area contributed by atoms with Gasteiger partial charge in [0.25, 0.3) is 0 Å². The van der Waals surface area contributed by atoms with Crippen LogP contribution in [0, 0.1) is 0 Å². The SMILES string of the molecule is C1=COc2ccccc2C1.N.[Fe].[Mo].[Ni]. The average Bonchev–Trinajstić information content (AvgIpc) is 2.05. The molecule has 0 saturated heterocycles. The summed E-state index contributed by atoms with van der Waals surface area (Å²) < 4.78 is 5.24. The number of fused-ring (bicyclic) bond motifs is 1. The first-order valence-corrected chi connectivity index (χ1v) is 3.36. The number of para-hydroxylation sites is 1. The maximum Gasteiger partial charge on any atom is 0.130 e. The summed E-state index contributed by atoms with van der Waals surface area (Å²) >= 11 is 0. The third kappa shape index (κ3) is 4.77. The minimum Gasteiger partial charge on any atom is -0.465 e. The molecule has 0 aliphatic carbocycles. The smallest absolute Gasteiger partial charge is 0.130 e. The molecule has 2 nitrogen and oxygen atoms in total. The third-order valence-electron chi connectivity index (χ3n) is 1.60. The summed E-state index contributed by atoms with van der Waals surface area (Å²) in [5.41, 5.74) is 1.27. The Hall–Kier alpha value is 0.421. The van der Waals surface area contributed by atoms with Crippen LogP contribution in [0.5, 0.6) is 5.75 Å². The number of rotatable bonds is 0. The first kappa shape index (κ1) is 19.9. The van der Waals surface area contributed by atoms with Crippen LogP contribution in [-0.4, -0.2) is 0 Å². The van der Waals surface area contributed by atoms with Gasteiger partial charge in [0.1, 0.15) is 5.75 Å². The van der Waals surface area contributed by atoms with Gasteiger partial charge < -0.3 is 10.9 Å². The van der Waals surface area contributed by atoms with Gasteiger partial charge in [0.15, 0.2) is 0 Å². The Bertz CT molecular complexity index is 256. The molecule has 5 heteroatoms. The van der Waals surface area contributed by atoms with Crippen molar-refractivity contribution in [2.75, 3.05) is 0 Å². The molecular weight excluding hydrogens is 349 g/mol. The van der Waals surface area contributed by atoms with Crippen molar-refractivity contribution < 1.29 is 59.4 Å². The Morgan fingerprint density at radius 2 is 1.79 bits per heavy atom. The Morgan fingerprint density at radius 3 is 2.43 bits per heavy atom. The first-order valence-electron chi connectivity index (χ1n) is 3.36. The average molecular weight is 360 g/mol. The second kappa shape index (κ2) is 9.96. The molecule has 0 saturated carbocycles. The van der Waals surface area contributed by atoms with Gasteiger partial charge in [-0.05, 0) is 24.1 Å². The molecule has 1 aliphatic rings. The van der Waals surface area contributed by atoms with E-state index in [-0.39, 0.29) is 60.8 Å². The molecule has 0 spiro atoms. The van der Waals surface area contributed by atoms with E-state index < -0.39 is 0 Å². The maximum atomic E-state index is 5.24. The maximum absolute atomic E-state index is 5.24. The summed E-state index contributed by atoms with van der Waals surface area (Å²) in [7, 11) is 0. The van der Waals surface area contributed by atoms with Crippen molar-refractivity contribution in [3.63, 3.8) is 0 Å². The van der Waals surface area contributed by atoms with Gasteiger partial charge in [0.2, 0.25) is 0 Å². The summed E-state index contributed by atoms with van der Waals surface area (Å²) in [5, 5.41) is 0. The molecule has 0 amide bonds. The van der Waals surface area contributed by atoms with Crippen molar-refractivity contribution in [1.82, 2.24) is 6.15 Å². The second-order valence-corrected chi connectivity index (χ2v) is 2.30. The minimum absolute atomic E-state index is 0. The van der Waals surface area contributed by atoms with E-state index in [0.717, 1.165) is 12.2 Å². The van der Waals surface area contributed by atoms with Crippen LogP contribution in [0.1, 0.15) is 5.56 Å². The number of ether oxygens (including phenoxy) is 1. The number of hydrogen-bond donors (Lipinski definition) is 1. The minimum atomic E-state index is 0. The topological polar surface area (TPSA) is 44.2 Å². The molecule has 2 rings (SSSR count). The monoisotopic (exact) mass is 361 g/mol. The fourth-order valence-electron chi connectivity index (χ4n) is 1.08. The standard InChI is InChI=1S/C9H8O.Fe.Mo.H3N.Ni/c1-2-6-9-8(4-1)5-3-7-10-9;;;;/h1-4,6-7H,5H2;;;1H3;. The molecule has 0 bridgehead atoms. The van der Waals surface area contributed by atoms with E-state index in [4.69, 9.17) is 4.74 Å². The molecule has 0 fully saturated rings. The zero-order chi connectivity index (χ0) is 6.81. The van der Waals surface area contributed by atoms with Crippen molar-refractivity contribution in [3.8, 4) is 5.75 Å². The number of hydrogen-bond acceptors (Lipinski definition) is 2. The van der Waals surface area contributed by atoms with Crippen molar-refractivity contribution in [2.24, 2.45) is 0 Å². The van der Waals surface area contributed by atoms with Crippen LogP contribution in [0.3, 0.4) is 0 Å². The van der Waals surface area contributed by atoms with Gasteiger partial charge in [-0.3, -0.25) is 0 Å². The zero-order valence-electron chi connectivity index (χ0n) is 7.36. The molecule has 14 heavy (non-hydrogen) atoms. The molecule has 3 N–H and O–H groups in total. The van der Waals surface area contributed by atoms with Crippen molar-refractivity contribution in [1.29, 1.82) is 0 Å².